The van der Waals surface area contributed by atoms with Crippen LogP contribution < -0.4 is 16.0 Å². The summed E-state index contributed by atoms with van der Waals surface area (Å²) in [6.07, 6.45) is 1.63. The fraction of sp³-hybridized carbons (Fsp3) is 0.118. The number of rotatable bonds is 3. The molecule has 1 aromatic heterocycles. The summed E-state index contributed by atoms with van der Waals surface area (Å²) >= 11 is 11.2. The highest BCUT2D eigenvalue weighted by Crippen LogP contribution is 2.28. The number of aromatic nitrogens is 1. The smallest absolute Gasteiger partial charge is 0.256 e. The topological polar surface area (TPSA) is 66.0 Å². The molecule has 1 aromatic carbocycles. The summed E-state index contributed by atoms with van der Waals surface area (Å²) in [7, 11) is 0. The van der Waals surface area contributed by atoms with E-state index in [-0.39, 0.29) is 11.9 Å². The van der Waals surface area contributed by atoms with Crippen molar-refractivity contribution in [1.82, 2.24) is 15.6 Å². The molecule has 1 amide bonds. The first-order chi connectivity index (χ1) is 11.5. The van der Waals surface area contributed by atoms with Crippen LogP contribution in [0.15, 0.2) is 59.9 Å². The van der Waals surface area contributed by atoms with Gasteiger partial charge >= 0.3 is 0 Å². The fourth-order valence-electron chi connectivity index (χ4n) is 2.52. The Balaban J connectivity index is 1.94. The first-order valence-electron chi connectivity index (χ1n) is 7.31. The highest BCUT2D eigenvalue weighted by Gasteiger charge is 2.29. The Morgan fingerprint density at radius 2 is 2.00 bits per heavy atom. The zero-order chi connectivity index (χ0) is 17.1. The third-order valence-corrected chi connectivity index (χ3v) is 4.10. The molecule has 1 aliphatic rings. The molecular formula is C17H15ClN4OS. The third-order valence-electron chi connectivity index (χ3n) is 3.62. The molecule has 0 saturated heterocycles. The molecule has 0 spiro atoms. The quantitative estimate of drug-likeness (QED) is 0.735. The number of amides is 1. The highest BCUT2D eigenvalue weighted by molar-refractivity contribution is 7.80. The number of halogens is 1. The van der Waals surface area contributed by atoms with Gasteiger partial charge in [-0.2, -0.15) is 0 Å². The van der Waals surface area contributed by atoms with E-state index in [9.17, 15) is 4.79 Å². The summed E-state index contributed by atoms with van der Waals surface area (Å²) in [4.78, 5) is 16.9. The number of hydrogen-bond acceptors (Lipinski definition) is 3. The molecule has 0 unspecified atom stereocenters. The van der Waals surface area contributed by atoms with Crippen LogP contribution in [0.1, 0.15) is 18.5 Å². The van der Waals surface area contributed by atoms with Gasteiger partial charge in [-0.15, -0.1) is 0 Å². The minimum atomic E-state index is -0.361. The van der Waals surface area contributed by atoms with Crippen molar-refractivity contribution in [1.29, 1.82) is 0 Å². The number of nitrogens with zero attached hydrogens (tertiary/aromatic N) is 1. The number of benzene rings is 1. The Morgan fingerprint density at radius 1 is 1.25 bits per heavy atom. The average molecular weight is 359 g/mol. The van der Waals surface area contributed by atoms with Crippen molar-refractivity contribution in [3.05, 3.63) is 70.5 Å². The molecule has 122 valence electrons. The van der Waals surface area contributed by atoms with Crippen LogP contribution in [0.2, 0.25) is 5.02 Å². The normalized spacial score (nSPS) is 17.1. The van der Waals surface area contributed by atoms with Gasteiger partial charge in [0.1, 0.15) is 5.82 Å². The van der Waals surface area contributed by atoms with Gasteiger partial charge in [0.05, 0.1) is 11.6 Å². The van der Waals surface area contributed by atoms with Gasteiger partial charge in [0.25, 0.3) is 5.91 Å². The predicted octanol–water partition coefficient (Wildman–Crippen LogP) is 3.17. The molecule has 3 N–H and O–H groups in total. The van der Waals surface area contributed by atoms with Crippen LogP contribution in [0.5, 0.6) is 0 Å². The number of carbonyl (C=O) groups is 1. The number of anilines is 1. The van der Waals surface area contributed by atoms with Gasteiger partial charge in [0.2, 0.25) is 0 Å². The second-order valence-electron chi connectivity index (χ2n) is 5.29. The molecule has 0 aliphatic carbocycles. The van der Waals surface area contributed by atoms with Gasteiger partial charge in [-0.05, 0) is 49.0 Å². The number of pyridine rings is 1. The van der Waals surface area contributed by atoms with Gasteiger partial charge in [-0.3, -0.25) is 4.79 Å². The van der Waals surface area contributed by atoms with Crippen molar-refractivity contribution < 1.29 is 4.79 Å². The van der Waals surface area contributed by atoms with Gasteiger partial charge in [0.15, 0.2) is 5.11 Å². The summed E-state index contributed by atoms with van der Waals surface area (Å²) < 4.78 is 0. The van der Waals surface area contributed by atoms with Crippen molar-refractivity contribution in [3.8, 4) is 0 Å². The van der Waals surface area contributed by atoms with E-state index < -0.39 is 0 Å². The molecule has 24 heavy (non-hydrogen) atoms. The van der Waals surface area contributed by atoms with E-state index in [1.165, 1.54) is 0 Å². The zero-order valence-electron chi connectivity index (χ0n) is 12.8. The molecule has 7 heteroatoms. The Hall–Kier alpha value is -2.44. The number of carbonyl (C=O) groups excluding carboxylic acids is 1. The molecule has 0 bridgehead atoms. The lowest BCUT2D eigenvalue weighted by Gasteiger charge is -2.30. The molecule has 1 atom stereocenters. The van der Waals surface area contributed by atoms with Crippen LogP contribution in [0.4, 0.5) is 5.82 Å². The monoisotopic (exact) mass is 358 g/mol. The molecule has 2 aromatic rings. The summed E-state index contributed by atoms with van der Waals surface area (Å²) in [5.74, 6) is 0.249. The van der Waals surface area contributed by atoms with Crippen molar-refractivity contribution in [3.63, 3.8) is 0 Å². The lowest BCUT2D eigenvalue weighted by atomic mass is 9.95. The Bertz CT molecular complexity index is 805. The summed E-state index contributed by atoms with van der Waals surface area (Å²) in [6.45, 7) is 1.82. The number of allylic oxidation sites excluding steroid dienone is 1. The van der Waals surface area contributed by atoms with Crippen molar-refractivity contribution in [2.45, 2.75) is 13.0 Å². The van der Waals surface area contributed by atoms with Crippen molar-refractivity contribution >= 4 is 40.7 Å². The summed E-state index contributed by atoms with van der Waals surface area (Å²) in [5.41, 5.74) is 2.15. The standard InChI is InChI=1S/C17H15ClN4OS/c1-10-14(16(23)21-13-4-2-3-9-19-13)15(22-17(24)20-10)11-5-7-12(18)8-6-11/h2-9,15H,1H3,(H,19,21,23)(H2,20,22,24)/t15-/m0/s1. The van der Waals surface area contributed by atoms with Gasteiger partial charge in [-0.1, -0.05) is 29.8 Å². The molecule has 2 heterocycles. The second kappa shape index (κ2) is 6.98. The van der Waals surface area contributed by atoms with E-state index in [1.54, 1.807) is 30.5 Å². The maximum atomic E-state index is 12.8. The molecule has 5 nitrogen and oxygen atoms in total. The van der Waals surface area contributed by atoms with Crippen molar-refractivity contribution in [2.24, 2.45) is 0 Å². The van der Waals surface area contributed by atoms with Gasteiger partial charge < -0.3 is 16.0 Å². The Morgan fingerprint density at radius 3 is 2.67 bits per heavy atom. The van der Waals surface area contributed by atoms with Crippen LogP contribution in [0.3, 0.4) is 0 Å². The SMILES string of the molecule is CC1=C(C(=O)Nc2ccccn2)[C@H](c2ccc(Cl)cc2)NC(=S)N1. The number of nitrogens with one attached hydrogen (secondary N) is 3. The maximum absolute atomic E-state index is 12.8. The average Bonchev–Trinajstić information content (AvgIpc) is 2.55. The Kier molecular flexibility index (Phi) is 4.78. The van der Waals surface area contributed by atoms with Crippen LogP contribution in [-0.2, 0) is 4.79 Å². The first-order valence-corrected chi connectivity index (χ1v) is 8.09. The fourth-order valence-corrected chi connectivity index (χ4v) is 2.92. The lowest BCUT2D eigenvalue weighted by molar-refractivity contribution is -0.113. The van der Waals surface area contributed by atoms with Crippen LogP contribution >= 0.6 is 23.8 Å². The third kappa shape index (κ3) is 3.55. The predicted molar refractivity (Wildman–Crippen MR) is 98.6 cm³/mol. The van der Waals surface area contributed by atoms with Gasteiger partial charge in [-0.25, -0.2) is 4.98 Å². The summed E-state index contributed by atoms with van der Waals surface area (Å²) in [5, 5.41) is 10.1. The Labute approximate surface area is 150 Å². The zero-order valence-corrected chi connectivity index (χ0v) is 14.4. The maximum Gasteiger partial charge on any atom is 0.256 e. The van der Waals surface area contributed by atoms with E-state index >= 15 is 0 Å². The van der Waals surface area contributed by atoms with Crippen molar-refractivity contribution in [2.75, 3.05) is 5.32 Å². The number of thiocarbonyl (C=S) groups is 1. The van der Waals surface area contributed by atoms with Crippen LogP contribution in [0, 0.1) is 0 Å². The van der Waals surface area contributed by atoms with E-state index in [4.69, 9.17) is 23.8 Å². The molecule has 1 aliphatic heterocycles. The molecule has 0 fully saturated rings. The van der Waals surface area contributed by atoms with Crippen LogP contribution in [-0.4, -0.2) is 16.0 Å². The molecule has 0 saturated carbocycles. The molecule has 0 radical (unpaired) electrons. The highest BCUT2D eigenvalue weighted by atomic mass is 35.5. The summed E-state index contributed by atoms with van der Waals surface area (Å²) in [6, 6.07) is 12.3. The lowest BCUT2D eigenvalue weighted by Crippen LogP contribution is -2.45. The minimum Gasteiger partial charge on any atom is -0.351 e. The second-order valence-corrected chi connectivity index (χ2v) is 6.14. The van der Waals surface area contributed by atoms with E-state index in [0.29, 0.717) is 27.2 Å². The van der Waals surface area contributed by atoms with E-state index in [0.717, 1.165) is 5.56 Å². The van der Waals surface area contributed by atoms with E-state index in [2.05, 4.69) is 20.9 Å². The van der Waals surface area contributed by atoms with Crippen LogP contribution in [0.25, 0.3) is 0 Å². The van der Waals surface area contributed by atoms with E-state index in [1.807, 2.05) is 25.1 Å². The molecular weight excluding hydrogens is 344 g/mol. The largest absolute Gasteiger partial charge is 0.351 e. The molecule has 3 rings (SSSR count). The first kappa shape index (κ1) is 16.4. The number of hydrogen-bond donors (Lipinski definition) is 3. The minimum absolute atomic E-state index is 0.242. The van der Waals surface area contributed by atoms with Gasteiger partial charge in [0, 0.05) is 16.9 Å².